The molecule has 22 heavy (non-hydrogen) atoms. The molecule has 2 aliphatic rings. The van der Waals surface area contributed by atoms with Crippen LogP contribution in [-0.2, 0) is 0 Å². The van der Waals surface area contributed by atoms with Gasteiger partial charge in [-0.15, -0.1) is 0 Å². The largest absolute Gasteiger partial charge is 0.206 e. The third-order valence-electron chi connectivity index (χ3n) is 5.76. The molecule has 0 aliphatic heterocycles. The molecule has 0 bridgehead atoms. The van der Waals surface area contributed by atoms with Crippen LogP contribution >= 0.6 is 0 Å². The maximum absolute atomic E-state index is 13.7. The Morgan fingerprint density at radius 1 is 1.00 bits per heavy atom. The molecule has 2 rings (SSSR count). The molecule has 2 saturated carbocycles. The van der Waals surface area contributed by atoms with E-state index in [1.165, 1.54) is 44.6 Å². The normalized spacial score (nSPS) is 33.0. The molecule has 2 fully saturated rings. The molecule has 0 N–H and O–H groups in total. The third-order valence-corrected chi connectivity index (χ3v) is 5.76. The lowest BCUT2D eigenvalue weighted by Gasteiger charge is -2.37. The van der Waals surface area contributed by atoms with Gasteiger partial charge in [-0.05, 0) is 73.8 Å². The van der Waals surface area contributed by atoms with E-state index in [9.17, 15) is 4.39 Å². The fourth-order valence-corrected chi connectivity index (χ4v) is 4.14. The van der Waals surface area contributed by atoms with Gasteiger partial charge in [0, 0.05) is 0 Å². The summed E-state index contributed by atoms with van der Waals surface area (Å²) < 4.78 is 13.7. The number of nitrogens with zero attached hydrogens (tertiary/aromatic N) is 1. The first-order chi connectivity index (χ1) is 10.5. The van der Waals surface area contributed by atoms with Crippen molar-refractivity contribution in [2.75, 3.05) is 0 Å². The van der Waals surface area contributed by atoms with Gasteiger partial charge in [0.25, 0.3) is 0 Å². The maximum atomic E-state index is 13.7. The molecular formula is C20H28FN. The van der Waals surface area contributed by atoms with Gasteiger partial charge in [0.05, 0.1) is 5.57 Å². The summed E-state index contributed by atoms with van der Waals surface area (Å²) in [6, 6.07) is 1.75. The molecule has 1 nitrogen and oxygen atoms in total. The highest BCUT2D eigenvalue weighted by atomic mass is 19.1. The van der Waals surface area contributed by atoms with E-state index in [1.54, 1.807) is 6.07 Å². The number of halogens is 1. The van der Waals surface area contributed by atoms with Gasteiger partial charge in [0.2, 0.25) is 0 Å². The average molecular weight is 301 g/mol. The Hall–Kier alpha value is -1.36. The Morgan fingerprint density at radius 3 is 2.00 bits per heavy atom. The molecule has 0 aromatic rings. The molecule has 2 aliphatic carbocycles. The van der Waals surface area contributed by atoms with Crippen LogP contribution in [0.15, 0.2) is 36.2 Å². The summed E-state index contributed by atoms with van der Waals surface area (Å²) in [5, 5.41) is 8.67. The summed E-state index contributed by atoms with van der Waals surface area (Å²) >= 11 is 0. The molecule has 0 amide bonds. The van der Waals surface area contributed by atoms with Crippen LogP contribution in [0.1, 0.15) is 58.3 Å². The lowest BCUT2D eigenvalue weighted by Crippen LogP contribution is -2.25. The van der Waals surface area contributed by atoms with E-state index in [-0.39, 0.29) is 5.57 Å². The van der Waals surface area contributed by atoms with E-state index in [1.807, 2.05) is 0 Å². The molecule has 2 heteroatoms. The molecule has 0 atom stereocenters. The van der Waals surface area contributed by atoms with Crippen LogP contribution in [0.3, 0.4) is 0 Å². The minimum Gasteiger partial charge on any atom is -0.206 e. The van der Waals surface area contributed by atoms with Gasteiger partial charge in [0.15, 0.2) is 0 Å². The second-order valence-electron chi connectivity index (χ2n) is 7.29. The van der Waals surface area contributed by atoms with Crippen LogP contribution in [0.5, 0.6) is 0 Å². The van der Waals surface area contributed by atoms with Crippen molar-refractivity contribution in [2.45, 2.75) is 58.3 Å². The average Bonchev–Trinajstić information content (AvgIpc) is 2.54. The van der Waals surface area contributed by atoms with Crippen molar-refractivity contribution in [1.82, 2.24) is 0 Å². The highest BCUT2D eigenvalue weighted by Gasteiger charge is 2.30. The van der Waals surface area contributed by atoms with Gasteiger partial charge in [-0.1, -0.05) is 32.9 Å². The minimum absolute atomic E-state index is 0.105. The molecule has 0 unspecified atom stereocenters. The van der Waals surface area contributed by atoms with Crippen molar-refractivity contribution in [3.8, 4) is 6.07 Å². The summed E-state index contributed by atoms with van der Waals surface area (Å²) in [5.41, 5.74) is 0.718. The van der Waals surface area contributed by atoms with Crippen LogP contribution in [0.25, 0.3) is 0 Å². The highest BCUT2D eigenvalue weighted by molar-refractivity contribution is 5.39. The van der Waals surface area contributed by atoms with Crippen LogP contribution in [-0.4, -0.2) is 0 Å². The first-order valence-corrected chi connectivity index (χ1v) is 8.66. The van der Waals surface area contributed by atoms with Crippen molar-refractivity contribution in [1.29, 1.82) is 5.26 Å². The van der Waals surface area contributed by atoms with E-state index in [4.69, 9.17) is 5.26 Å². The van der Waals surface area contributed by atoms with E-state index < -0.39 is 5.83 Å². The molecule has 0 radical (unpaired) electrons. The summed E-state index contributed by atoms with van der Waals surface area (Å²) in [6.45, 7) is 9.79. The number of hydrogen-bond acceptors (Lipinski definition) is 1. The van der Waals surface area contributed by atoms with Crippen molar-refractivity contribution in [3.63, 3.8) is 0 Å². The number of allylic oxidation sites excluding steroid dienone is 4. The predicted octanol–water partition coefficient (Wildman–Crippen LogP) is 6.11. The second-order valence-corrected chi connectivity index (χ2v) is 7.29. The molecule has 0 saturated heterocycles. The van der Waals surface area contributed by atoms with Gasteiger partial charge in [-0.2, -0.15) is 5.26 Å². The summed E-state index contributed by atoms with van der Waals surface area (Å²) in [7, 11) is 0. The zero-order valence-electron chi connectivity index (χ0n) is 13.8. The van der Waals surface area contributed by atoms with E-state index in [2.05, 4.69) is 20.1 Å². The van der Waals surface area contributed by atoms with Crippen LogP contribution < -0.4 is 0 Å². The zero-order valence-corrected chi connectivity index (χ0v) is 13.8. The molecule has 0 aromatic carbocycles. The fourth-order valence-electron chi connectivity index (χ4n) is 4.14. The van der Waals surface area contributed by atoms with Crippen molar-refractivity contribution in [3.05, 3.63) is 36.2 Å². The summed E-state index contributed by atoms with van der Waals surface area (Å²) in [4.78, 5) is 0. The van der Waals surface area contributed by atoms with Gasteiger partial charge in [-0.25, -0.2) is 4.39 Å². The molecule has 0 spiro atoms. The van der Waals surface area contributed by atoms with Crippen molar-refractivity contribution in [2.24, 2.45) is 23.7 Å². The van der Waals surface area contributed by atoms with E-state index in [0.717, 1.165) is 36.2 Å². The smallest absolute Gasteiger partial charge is 0.140 e. The Bertz CT molecular complexity index is 480. The van der Waals surface area contributed by atoms with Gasteiger partial charge in [-0.3, -0.25) is 0 Å². The number of hydrogen-bond donors (Lipinski definition) is 0. The predicted molar refractivity (Wildman–Crippen MR) is 89.7 cm³/mol. The molecule has 120 valence electrons. The second kappa shape index (κ2) is 7.77. The SMILES string of the molecule is C=C(C#N)/C(F)=C\C(=C)C1CCC(C2CCC(C)CC2)CC1. The monoisotopic (exact) mass is 301 g/mol. The zero-order chi connectivity index (χ0) is 16.1. The molecule has 0 heterocycles. The number of nitriles is 1. The first kappa shape index (κ1) is 17.0. The maximum Gasteiger partial charge on any atom is 0.140 e. The Kier molecular flexibility index (Phi) is 6.00. The molecule has 0 aromatic heterocycles. The van der Waals surface area contributed by atoms with Gasteiger partial charge < -0.3 is 0 Å². The topological polar surface area (TPSA) is 23.8 Å². The van der Waals surface area contributed by atoms with Crippen molar-refractivity contribution < 1.29 is 4.39 Å². The standard InChI is InChI=1S/C20H28FN/c1-14-4-6-18(7-5-14)19-10-8-17(9-11-19)15(2)12-20(21)16(3)13-22/h12,14,17-19H,2-11H2,1H3/b20-12+. The minimum atomic E-state index is -0.532. The lowest BCUT2D eigenvalue weighted by atomic mass is 9.68. The highest BCUT2D eigenvalue weighted by Crippen LogP contribution is 2.42. The fraction of sp³-hybridized carbons (Fsp3) is 0.650. The Labute approximate surface area is 134 Å². The van der Waals surface area contributed by atoms with Crippen molar-refractivity contribution >= 4 is 0 Å². The van der Waals surface area contributed by atoms with Crippen LogP contribution in [0, 0.1) is 35.0 Å². The van der Waals surface area contributed by atoms with Crippen LogP contribution in [0.2, 0.25) is 0 Å². The van der Waals surface area contributed by atoms with E-state index in [0.29, 0.717) is 5.92 Å². The van der Waals surface area contributed by atoms with Gasteiger partial charge in [0.1, 0.15) is 11.9 Å². The Morgan fingerprint density at radius 2 is 1.50 bits per heavy atom. The summed E-state index contributed by atoms with van der Waals surface area (Å²) in [5.74, 6) is 2.52. The first-order valence-electron chi connectivity index (χ1n) is 8.66. The molecular weight excluding hydrogens is 273 g/mol. The van der Waals surface area contributed by atoms with Crippen LogP contribution in [0.4, 0.5) is 4.39 Å². The lowest BCUT2D eigenvalue weighted by molar-refractivity contribution is 0.159. The van der Waals surface area contributed by atoms with Gasteiger partial charge >= 0.3 is 0 Å². The summed E-state index contributed by atoms with van der Waals surface area (Å²) in [6.07, 6.45) is 11.7. The number of rotatable bonds is 4. The Balaban J connectivity index is 1.83. The van der Waals surface area contributed by atoms with E-state index >= 15 is 0 Å². The quantitative estimate of drug-likeness (QED) is 0.454. The third kappa shape index (κ3) is 4.32.